The summed E-state index contributed by atoms with van der Waals surface area (Å²) in [6.07, 6.45) is 0. The van der Waals surface area contributed by atoms with Gasteiger partial charge < -0.3 is 15.0 Å². The second kappa shape index (κ2) is 5.46. The largest absolute Gasteiger partial charge is 0.461 e. The van der Waals surface area contributed by atoms with E-state index in [0.29, 0.717) is 12.6 Å². The van der Waals surface area contributed by atoms with Crippen molar-refractivity contribution >= 4 is 17.5 Å². The maximum atomic E-state index is 5.75. The number of hydrogen-bond donors (Lipinski definition) is 1. The topological polar surface area (TPSA) is 63.2 Å². The molecule has 1 heterocycles. The number of likely N-dealkylation sites (N-methyl/N-ethyl adjacent to an activating group) is 1. The van der Waals surface area contributed by atoms with E-state index in [4.69, 9.17) is 16.3 Å². The molecule has 1 aromatic rings. The Labute approximate surface area is 106 Å². The number of hydrogen-bond acceptors (Lipinski definition) is 6. The third-order valence-corrected chi connectivity index (χ3v) is 2.75. The highest BCUT2D eigenvalue weighted by Crippen LogP contribution is 2.15. The summed E-state index contributed by atoms with van der Waals surface area (Å²) in [5.74, 6) is 0.391. The zero-order chi connectivity index (χ0) is 13.1. The van der Waals surface area contributed by atoms with E-state index < -0.39 is 0 Å². The molecule has 0 atom stereocenters. The monoisotopic (exact) mass is 259 g/mol. The van der Waals surface area contributed by atoms with E-state index >= 15 is 0 Å². The standard InChI is InChI=1S/C10H18ClN5O/c1-10(2,16(4)5)6-17-9-14-7(11)13-8(12-3)15-9/h6H2,1-5H3,(H,12,13,14,15). The quantitative estimate of drug-likeness (QED) is 0.860. The van der Waals surface area contributed by atoms with E-state index in [0.717, 1.165) is 0 Å². The van der Waals surface area contributed by atoms with Crippen molar-refractivity contribution in [1.29, 1.82) is 0 Å². The highest BCUT2D eigenvalue weighted by Gasteiger charge is 2.22. The van der Waals surface area contributed by atoms with Gasteiger partial charge in [0.15, 0.2) is 0 Å². The lowest BCUT2D eigenvalue weighted by atomic mass is 10.1. The van der Waals surface area contributed by atoms with Crippen molar-refractivity contribution in [3.05, 3.63) is 5.28 Å². The Morgan fingerprint density at radius 3 is 2.47 bits per heavy atom. The molecule has 0 aromatic carbocycles. The average molecular weight is 260 g/mol. The second-order valence-corrected chi connectivity index (χ2v) is 4.79. The van der Waals surface area contributed by atoms with Gasteiger partial charge in [0.2, 0.25) is 11.2 Å². The zero-order valence-corrected chi connectivity index (χ0v) is 11.5. The van der Waals surface area contributed by atoms with Gasteiger partial charge in [0.05, 0.1) is 0 Å². The van der Waals surface area contributed by atoms with E-state index in [-0.39, 0.29) is 16.8 Å². The lowest BCUT2D eigenvalue weighted by Gasteiger charge is -2.31. The van der Waals surface area contributed by atoms with E-state index in [1.165, 1.54) is 0 Å². The molecule has 0 radical (unpaired) electrons. The third-order valence-electron chi connectivity index (χ3n) is 2.58. The maximum Gasteiger partial charge on any atom is 0.322 e. The Morgan fingerprint density at radius 2 is 1.94 bits per heavy atom. The molecule has 0 saturated heterocycles. The molecular formula is C10H18ClN5O. The Kier molecular flexibility index (Phi) is 4.47. The molecule has 0 aliphatic carbocycles. The second-order valence-electron chi connectivity index (χ2n) is 4.46. The highest BCUT2D eigenvalue weighted by atomic mass is 35.5. The molecule has 0 bridgehead atoms. The maximum absolute atomic E-state index is 5.75. The SMILES string of the molecule is CNc1nc(Cl)nc(OCC(C)(C)N(C)C)n1. The average Bonchev–Trinajstić information content (AvgIpc) is 2.25. The minimum atomic E-state index is -0.112. The number of nitrogens with one attached hydrogen (secondary N) is 1. The molecule has 6 nitrogen and oxygen atoms in total. The number of rotatable bonds is 5. The molecule has 1 rings (SSSR count). The fourth-order valence-electron chi connectivity index (χ4n) is 0.879. The summed E-state index contributed by atoms with van der Waals surface area (Å²) in [6.45, 7) is 4.59. The van der Waals surface area contributed by atoms with Crippen molar-refractivity contribution in [2.45, 2.75) is 19.4 Å². The van der Waals surface area contributed by atoms with Crippen LogP contribution in [0.5, 0.6) is 6.01 Å². The summed E-state index contributed by atoms with van der Waals surface area (Å²) >= 11 is 5.75. The highest BCUT2D eigenvalue weighted by molar-refractivity contribution is 6.28. The van der Waals surface area contributed by atoms with Crippen LogP contribution in [0.2, 0.25) is 5.28 Å². The molecule has 0 saturated carbocycles. The fraction of sp³-hybridized carbons (Fsp3) is 0.700. The number of ether oxygens (including phenoxy) is 1. The first-order valence-corrected chi connectivity index (χ1v) is 5.62. The van der Waals surface area contributed by atoms with Crippen LogP contribution in [0.3, 0.4) is 0 Å². The molecule has 0 fully saturated rings. The lowest BCUT2D eigenvalue weighted by Crippen LogP contribution is -2.43. The molecule has 0 unspecified atom stereocenters. The number of anilines is 1. The Morgan fingerprint density at radius 1 is 1.29 bits per heavy atom. The predicted molar refractivity (Wildman–Crippen MR) is 67.6 cm³/mol. The summed E-state index contributed by atoms with van der Waals surface area (Å²) in [4.78, 5) is 13.9. The third kappa shape index (κ3) is 3.98. The molecule has 96 valence electrons. The van der Waals surface area contributed by atoms with Gasteiger partial charge in [-0.1, -0.05) is 0 Å². The molecule has 17 heavy (non-hydrogen) atoms. The first-order valence-electron chi connectivity index (χ1n) is 5.25. The van der Waals surface area contributed by atoms with Crippen molar-refractivity contribution in [2.24, 2.45) is 0 Å². The number of aromatic nitrogens is 3. The van der Waals surface area contributed by atoms with Crippen LogP contribution in [0.15, 0.2) is 0 Å². The van der Waals surface area contributed by atoms with Crippen molar-refractivity contribution in [3.8, 4) is 6.01 Å². The van der Waals surface area contributed by atoms with Crippen LogP contribution in [-0.2, 0) is 0 Å². The number of nitrogens with zero attached hydrogens (tertiary/aromatic N) is 4. The van der Waals surface area contributed by atoms with Gasteiger partial charge in [-0.2, -0.15) is 15.0 Å². The van der Waals surface area contributed by atoms with Crippen LogP contribution in [0.4, 0.5) is 5.95 Å². The van der Waals surface area contributed by atoms with Gasteiger partial charge in [0, 0.05) is 12.6 Å². The van der Waals surface area contributed by atoms with Crippen molar-refractivity contribution in [1.82, 2.24) is 19.9 Å². The van der Waals surface area contributed by atoms with E-state index in [2.05, 4.69) is 39.0 Å². The van der Waals surface area contributed by atoms with Gasteiger partial charge in [-0.05, 0) is 39.5 Å². The van der Waals surface area contributed by atoms with Crippen LogP contribution < -0.4 is 10.1 Å². The Balaban J connectivity index is 2.72. The summed E-state index contributed by atoms with van der Waals surface area (Å²) in [5, 5.41) is 2.90. The molecule has 0 amide bonds. The predicted octanol–water partition coefficient (Wildman–Crippen LogP) is 1.29. The van der Waals surface area contributed by atoms with Gasteiger partial charge >= 0.3 is 6.01 Å². The van der Waals surface area contributed by atoms with Crippen LogP contribution in [0, 0.1) is 0 Å². The first kappa shape index (κ1) is 13.9. The van der Waals surface area contributed by atoms with E-state index in [1.54, 1.807) is 7.05 Å². The molecular weight excluding hydrogens is 242 g/mol. The number of halogens is 1. The van der Waals surface area contributed by atoms with Crippen LogP contribution >= 0.6 is 11.6 Å². The van der Waals surface area contributed by atoms with E-state index in [1.807, 2.05) is 14.1 Å². The smallest absolute Gasteiger partial charge is 0.322 e. The van der Waals surface area contributed by atoms with Gasteiger partial charge in [-0.15, -0.1) is 0 Å². The van der Waals surface area contributed by atoms with Crippen LogP contribution in [-0.4, -0.2) is 53.1 Å². The summed E-state index contributed by atoms with van der Waals surface area (Å²) in [7, 11) is 5.69. The van der Waals surface area contributed by atoms with Crippen LogP contribution in [0.1, 0.15) is 13.8 Å². The molecule has 0 aliphatic heterocycles. The summed E-state index contributed by atoms with van der Waals surface area (Å²) in [6, 6.07) is 0.226. The zero-order valence-electron chi connectivity index (χ0n) is 10.8. The molecule has 1 aromatic heterocycles. The fourth-order valence-corrected chi connectivity index (χ4v) is 1.03. The minimum Gasteiger partial charge on any atom is -0.461 e. The first-order chi connectivity index (χ1) is 7.85. The molecule has 7 heteroatoms. The minimum absolute atomic E-state index is 0.112. The van der Waals surface area contributed by atoms with Crippen molar-refractivity contribution in [2.75, 3.05) is 33.1 Å². The van der Waals surface area contributed by atoms with Crippen molar-refractivity contribution in [3.63, 3.8) is 0 Å². The Bertz CT molecular complexity index is 383. The summed E-state index contributed by atoms with van der Waals surface area (Å²) < 4.78 is 5.53. The lowest BCUT2D eigenvalue weighted by molar-refractivity contribution is 0.108. The van der Waals surface area contributed by atoms with Crippen LogP contribution in [0.25, 0.3) is 0 Å². The molecule has 0 aliphatic rings. The van der Waals surface area contributed by atoms with Gasteiger partial charge in [0.1, 0.15) is 6.61 Å². The summed E-state index contributed by atoms with van der Waals surface area (Å²) in [5.41, 5.74) is -0.112. The Hall–Kier alpha value is -1.14. The molecule has 1 N–H and O–H groups in total. The van der Waals surface area contributed by atoms with Crippen molar-refractivity contribution < 1.29 is 4.74 Å². The van der Waals surface area contributed by atoms with Gasteiger partial charge in [0.25, 0.3) is 0 Å². The van der Waals surface area contributed by atoms with Gasteiger partial charge in [-0.3, -0.25) is 0 Å². The van der Waals surface area contributed by atoms with Gasteiger partial charge in [-0.25, -0.2) is 0 Å². The van der Waals surface area contributed by atoms with E-state index in [9.17, 15) is 0 Å². The molecule has 0 spiro atoms. The normalized spacial score (nSPS) is 11.7.